The van der Waals surface area contributed by atoms with Crippen LogP contribution >= 0.6 is 31.9 Å². The molecule has 0 aliphatic carbocycles. The van der Waals surface area contributed by atoms with Crippen LogP contribution in [0.4, 0.5) is 5.69 Å². The predicted octanol–water partition coefficient (Wildman–Crippen LogP) is 3.48. The van der Waals surface area contributed by atoms with Crippen molar-refractivity contribution in [2.75, 3.05) is 11.4 Å². The van der Waals surface area contributed by atoms with E-state index >= 15 is 0 Å². The zero-order chi connectivity index (χ0) is 14.1. The molecule has 20 heavy (non-hydrogen) atoms. The predicted molar refractivity (Wildman–Crippen MR) is 87.8 cm³/mol. The molecule has 1 aliphatic rings. The molecule has 6 heteroatoms. The Morgan fingerprint density at radius 2 is 1.85 bits per heavy atom. The number of hydrogen-bond acceptors (Lipinski definition) is 4. The number of benzene rings is 1. The van der Waals surface area contributed by atoms with Crippen LogP contribution in [0.5, 0.6) is 0 Å². The molecule has 1 unspecified atom stereocenters. The summed E-state index contributed by atoms with van der Waals surface area (Å²) in [5.41, 5.74) is 8.16. The van der Waals surface area contributed by atoms with Gasteiger partial charge in [0.05, 0.1) is 12.6 Å². The van der Waals surface area contributed by atoms with Gasteiger partial charge in [-0.25, -0.2) is 0 Å². The van der Waals surface area contributed by atoms with E-state index in [2.05, 4.69) is 47.9 Å². The van der Waals surface area contributed by atoms with E-state index in [1.807, 2.05) is 35.4 Å². The van der Waals surface area contributed by atoms with Crippen LogP contribution in [-0.2, 0) is 0 Å². The lowest BCUT2D eigenvalue weighted by molar-refractivity contribution is 0.763. The van der Waals surface area contributed by atoms with Crippen LogP contribution in [0.1, 0.15) is 11.6 Å². The molecule has 0 fully saturated rings. The van der Waals surface area contributed by atoms with Crippen LogP contribution < -0.4 is 10.6 Å². The molecule has 0 spiro atoms. The van der Waals surface area contributed by atoms with E-state index in [9.17, 15) is 0 Å². The number of aromatic nitrogens is 1. The summed E-state index contributed by atoms with van der Waals surface area (Å²) in [6.45, 7) is 0.639. The lowest BCUT2D eigenvalue weighted by Crippen LogP contribution is -2.36. The Labute approximate surface area is 134 Å². The third-order valence-corrected chi connectivity index (χ3v) is 4.16. The molecule has 0 radical (unpaired) electrons. The number of hydrogen-bond donors (Lipinski definition) is 1. The largest absolute Gasteiger partial charge is 0.369 e. The third-order valence-electron chi connectivity index (χ3n) is 3.20. The van der Waals surface area contributed by atoms with Crippen molar-refractivity contribution in [2.24, 2.45) is 10.7 Å². The minimum absolute atomic E-state index is 0.0844. The van der Waals surface area contributed by atoms with Gasteiger partial charge in [-0.05, 0) is 51.8 Å². The van der Waals surface area contributed by atoms with Gasteiger partial charge >= 0.3 is 0 Å². The normalized spacial score (nSPS) is 18.2. The lowest BCUT2D eigenvalue weighted by Gasteiger charge is -2.26. The summed E-state index contributed by atoms with van der Waals surface area (Å²) in [7, 11) is 0. The average Bonchev–Trinajstić information content (AvgIpc) is 2.82. The van der Waals surface area contributed by atoms with Crippen LogP contribution in [0.25, 0.3) is 0 Å². The highest BCUT2D eigenvalue weighted by atomic mass is 79.9. The Hall–Kier alpha value is -1.40. The van der Waals surface area contributed by atoms with Crippen LogP contribution in [0.3, 0.4) is 0 Å². The maximum absolute atomic E-state index is 6.05. The smallest absolute Gasteiger partial charge is 0.196 e. The van der Waals surface area contributed by atoms with Crippen molar-refractivity contribution in [3.8, 4) is 0 Å². The summed E-state index contributed by atoms with van der Waals surface area (Å²) in [5, 5.41) is 0. The summed E-state index contributed by atoms with van der Waals surface area (Å²) in [5.74, 6) is 0.539. The van der Waals surface area contributed by atoms with Crippen molar-refractivity contribution < 1.29 is 0 Å². The van der Waals surface area contributed by atoms with Gasteiger partial charge in [-0.3, -0.25) is 9.98 Å². The number of rotatable bonds is 2. The Bertz CT molecular complexity index is 654. The summed E-state index contributed by atoms with van der Waals surface area (Å²) < 4.78 is 1.99. The van der Waals surface area contributed by atoms with Crippen molar-refractivity contribution in [1.82, 2.24) is 4.98 Å². The molecule has 2 heterocycles. The quantitative estimate of drug-likeness (QED) is 0.846. The highest BCUT2D eigenvalue weighted by molar-refractivity contribution is 9.10. The molecule has 0 saturated heterocycles. The standard InChI is InChI=1S/C14H12Br2N4/c15-10-1-3-12(4-2-10)20-13(8-19-14(20)17)9-5-11(16)7-18-6-9/h1-7,13H,8H2,(H2,17,19). The summed E-state index contributed by atoms with van der Waals surface area (Å²) in [6, 6.07) is 10.2. The average molecular weight is 396 g/mol. The van der Waals surface area contributed by atoms with E-state index in [0.717, 1.165) is 20.2 Å². The van der Waals surface area contributed by atoms with Gasteiger partial charge in [0, 0.05) is 27.0 Å². The highest BCUT2D eigenvalue weighted by Crippen LogP contribution is 2.32. The second-order valence-corrected chi connectivity index (χ2v) is 6.33. The zero-order valence-electron chi connectivity index (χ0n) is 10.5. The van der Waals surface area contributed by atoms with Crippen LogP contribution in [0.15, 0.2) is 56.7 Å². The summed E-state index contributed by atoms with van der Waals surface area (Å²) in [4.78, 5) is 10.6. The molecule has 2 aromatic rings. The molecule has 4 nitrogen and oxygen atoms in total. The molecular weight excluding hydrogens is 384 g/mol. The number of nitrogens with zero attached hydrogens (tertiary/aromatic N) is 3. The van der Waals surface area contributed by atoms with E-state index in [4.69, 9.17) is 5.73 Å². The maximum atomic E-state index is 6.05. The Morgan fingerprint density at radius 3 is 2.55 bits per heavy atom. The molecule has 1 aromatic heterocycles. The Kier molecular flexibility index (Phi) is 3.76. The fourth-order valence-corrected chi connectivity index (χ4v) is 2.92. The maximum Gasteiger partial charge on any atom is 0.196 e. The minimum atomic E-state index is 0.0844. The van der Waals surface area contributed by atoms with E-state index in [0.29, 0.717) is 12.5 Å². The fraction of sp³-hybridized carbons (Fsp3) is 0.143. The van der Waals surface area contributed by atoms with Crippen molar-refractivity contribution in [3.63, 3.8) is 0 Å². The van der Waals surface area contributed by atoms with Crippen molar-refractivity contribution in [3.05, 3.63) is 57.2 Å². The topological polar surface area (TPSA) is 54.5 Å². The summed E-state index contributed by atoms with van der Waals surface area (Å²) in [6.07, 6.45) is 3.63. The first kappa shape index (κ1) is 13.6. The van der Waals surface area contributed by atoms with Gasteiger partial charge < -0.3 is 10.6 Å². The van der Waals surface area contributed by atoms with Crippen LogP contribution in [0.2, 0.25) is 0 Å². The number of halogens is 2. The number of nitrogens with two attached hydrogens (primary N) is 1. The number of aliphatic imine (C=N–C) groups is 1. The van der Waals surface area contributed by atoms with Crippen LogP contribution in [0, 0.1) is 0 Å². The molecule has 0 saturated carbocycles. The zero-order valence-corrected chi connectivity index (χ0v) is 13.7. The third kappa shape index (κ3) is 2.58. The van der Waals surface area contributed by atoms with E-state index in [1.54, 1.807) is 6.20 Å². The van der Waals surface area contributed by atoms with Gasteiger partial charge in [0.1, 0.15) is 0 Å². The van der Waals surface area contributed by atoms with Crippen molar-refractivity contribution >= 4 is 43.5 Å². The second kappa shape index (κ2) is 5.54. The summed E-state index contributed by atoms with van der Waals surface area (Å²) >= 11 is 6.90. The molecule has 102 valence electrons. The Morgan fingerprint density at radius 1 is 1.10 bits per heavy atom. The first-order valence-electron chi connectivity index (χ1n) is 6.10. The SMILES string of the molecule is NC1=NCC(c2cncc(Br)c2)N1c1ccc(Br)cc1. The monoisotopic (exact) mass is 394 g/mol. The van der Waals surface area contributed by atoms with Crippen molar-refractivity contribution in [1.29, 1.82) is 0 Å². The molecular formula is C14H12Br2N4. The van der Waals surface area contributed by atoms with Gasteiger partial charge in [0.15, 0.2) is 5.96 Å². The van der Waals surface area contributed by atoms with E-state index in [1.165, 1.54) is 0 Å². The first-order chi connectivity index (χ1) is 9.65. The van der Waals surface area contributed by atoms with Gasteiger partial charge in [-0.2, -0.15) is 0 Å². The van der Waals surface area contributed by atoms with Gasteiger partial charge in [0.25, 0.3) is 0 Å². The van der Waals surface area contributed by atoms with Crippen molar-refractivity contribution in [2.45, 2.75) is 6.04 Å². The number of pyridine rings is 1. The van der Waals surface area contributed by atoms with Gasteiger partial charge in [0.2, 0.25) is 0 Å². The molecule has 1 atom stereocenters. The minimum Gasteiger partial charge on any atom is -0.369 e. The van der Waals surface area contributed by atoms with Gasteiger partial charge in [-0.1, -0.05) is 15.9 Å². The molecule has 1 aliphatic heterocycles. The van der Waals surface area contributed by atoms with Gasteiger partial charge in [-0.15, -0.1) is 0 Å². The highest BCUT2D eigenvalue weighted by Gasteiger charge is 2.29. The molecule has 3 rings (SSSR count). The molecule has 0 amide bonds. The second-order valence-electron chi connectivity index (χ2n) is 4.50. The fourth-order valence-electron chi connectivity index (χ4n) is 2.28. The number of anilines is 1. The lowest BCUT2D eigenvalue weighted by atomic mass is 10.1. The van der Waals surface area contributed by atoms with E-state index < -0.39 is 0 Å². The molecule has 1 aromatic carbocycles. The number of guanidine groups is 1. The Balaban J connectivity index is 1.98. The molecule has 0 bridgehead atoms. The molecule has 2 N–H and O–H groups in total. The van der Waals surface area contributed by atoms with Crippen LogP contribution in [-0.4, -0.2) is 17.5 Å². The first-order valence-corrected chi connectivity index (χ1v) is 7.69. The van der Waals surface area contributed by atoms with E-state index in [-0.39, 0.29) is 6.04 Å².